The highest BCUT2D eigenvalue weighted by Gasteiger charge is 2.19. The largest absolute Gasteiger partial charge is 0.379 e. The third-order valence-corrected chi connectivity index (χ3v) is 4.89. The predicted molar refractivity (Wildman–Crippen MR) is 91.1 cm³/mol. The van der Waals surface area contributed by atoms with Gasteiger partial charge in [0.2, 0.25) is 0 Å². The molecular formula is C17H26O7S. The van der Waals surface area contributed by atoms with Gasteiger partial charge in [-0.25, -0.2) is 0 Å². The van der Waals surface area contributed by atoms with E-state index in [2.05, 4.69) is 0 Å². The third kappa shape index (κ3) is 7.81. The summed E-state index contributed by atoms with van der Waals surface area (Å²) in [4.78, 5) is 0.145. The number of hydrogen-bond donors (Lipinski definition) is 0. The van der Waals surface area contributed by atoms with Gasteiger partial charge in [-0.3, -0.25) is 4.18 Å². The molecule has 1 saturated heterocycles. The van der Waals surface area contributed by atoms with Crippen LogP contribution in [-0.2, 0) is 33.2 Å². The first-order valence-electron chi connectivity index (χ1n) is 8.35. The third-order valence-electron chi connectivity index (χ3n) is 3.59. The van der Waals surface area contributed by atoms with Crippen molar-refractivity contribution in [2.75, 3.05) is 59.5 Å². The van der Waals surface area contributed by atoms with Gasteiger partial charge in [0.25, 0.3) is 10.1 Å². The van der Waals surface area contributed by atoms with E-state index < -0.39 is 10.1 Å². The number of rotatable bonds is 4. The van der Waals surface area contributed by atoms with Crippen LogP contribution in [0.15, 0.2) is 29.2 Å². The summed E-state index contributed by atoms with van der Waals surface area (Å²) in [6, 6.07) is 6.55. The highest BCUT2D eigenvalue weighted by Crippen LogP contribution is 2.15. The smallest absolute Gasteiger partial charge is 0.296 e. The van der Waals surface area contributed by atoms with Crippen LogP contribution in [-0.4, -0.2) is 67.9 Å². The molecule has 25 heavy (non-hydrogen) atoms. The van der Waals surface area contributed by atoms with Crippen molar-refractivity contribution in [2.24, 2.45) is 5.92 Å². The van der Waals surface area contributed by atoms with E-state index in [1.165, 1.54) is 12.1 Å². The zero-order chi connectivity index (χ0) is 18.0. The van der Waals surface area contributed by atoms with Gasteiger partial charge in [0.05, 0.1) is 64.4 Å². The van der Waals surface area contributed by atoms with E-state index in [-0.39, 0.29) is 17.4 Å². The first-order chi connectivity index (χ1) is 12.1. The Hall–Kier alpha value is -1.03. The highest BCUT2D eigenvalue weighted by molar-refractivity contribution is 7.86. The lowest BCUT2D eigenvalue weighted by Gasteiger charge is -2.17. The lowest BCUT2D eigenvalue weighted by molar-refractivity contribution is 0.00350. The molecule has 0 aliphatic carbocycles. The van der Waals surface area contributed by atoms with Crippen LogP contribution >= 0.6 is 0 Å². The Kier molecular flexibility index (Phi) is 8.80. The van der Waals surface area contributed by atoms with Crippen LogP contribution in [0.25, 0.3) is 0 Å². The van der Waals surface area contributed by atoms with Crippen LogP contribution < -0.4 is 0 Å². The van der Waals surface area contributed by atoms with Crippen molar-refractivity contribution in [2.45, 2.75) is 11.8 Å². The maximum absolute atomic E-state index is 12.3. The highest BCUT2D eigenvalue weighted by atomic mass is 32.2. The Bertz CT molecular complexity index is 572. The number of ether oxygens (including phenoxy) is 4. The fourth-order valence-electron chi connectivity index (χ4n) is 2.16. The van der Waals surface area contributed by atoms with E-state index in [1.807, 2.05) is 6.92 Å². The number of aryl methyl sites for hydroxylation is 1. The van der Waals surface area contributed by atoms with Crippen molar-refractivity contribution in [1.29, 1.82) is 0 Å². The monoisotopic (exact) mass is 374 g/mol. The second kappa shape index (κ2) is 10.8. The van der Waals surface area contributed by atoms with Crippen molar-refractivity contribution in [3.8, 4) is 0 Å². The minimum atomic E-state index is -3.79. The van der Waals surface area contributed by atoms with E-state index >= 15 is 0 Å². The fourth-order valence-corrected chi connectivity index (χ4v) is 3.14. The standard InChI is InChI=1S/C17H26O7S/c1-15-2-4-17(5-3-15)25(18,19)24-14-16-12-22-10-8-20-6-7-21-9-11-23-13-16/h2-5,16H,6-14H2,1H3. The summed E-state index contributed by atoms with van der Waals surface area (Å²) in [6.07, 6.45) is 0. The number of benzene rings is 1. The molecule has 0 aromatic heterocycles. The molecule has 142 valence electrons. The van der Waals surface area contributed by atoms with Crippen LogP contribution in [0.1, 0.15) is 5.56 Å². The van der Waals surface area contributed by atoms with Gasteiger partial charge in [-0.2, -0.15) is 8.42 Å². The molecule has 1 aliphatic rings. The summed E-state index contributed by atoms with van der Waals surface area (Å²) in [5.41, 5.74) is 0.987. The summed E-state index contributed by atoms with van der Waals surface area (Å²) in [5, 5.41) is 0. The molecule has 1 fully saturated rings. The average Bonchev–Trinajstić information content (AvgIpc) is 2.62. The molecule has 1 aromatic carbocycles. The summed E-state index contributed by atoms with van der Waals surface area (Å²) in [6.45, 7) is 5.42. The molecule has 0 radical (unpaired) electrons. The maximum Gasteiger partial charge on any atom is 0.296 e. The average molecular weight is 374 g/mol. The molecule has 1 heterocycles. The normalized spacial score (nSPS) is 19.6. The van der Waals surface area contributed by atoms with E-state index in [0.29, 0.717) is 52.9 Å². The SMILES string of the molecule is Cc1ccc(S(=O)(=O)OCC2COCCOCCOCCOC2)cc1. The van der Waals surface area contributed by atoms with Crippen LogP contribution in [0.5, 0.6) is 0 Å². The molecular weight excluding hydrogens is 348 g/mol. The van der Waals surface area contributed by atoms with Crippen molar-refractivity contribution in [1.82, 2.24) is 0 Å². The zero-order valence-corrected chi connectivity index (χ0v) is 15.3. The lowest BCUT2D eigenvalue weighted by Crippen LogP contribution is -2.25. The van der Waals surface area contributed by atoms with Gasteiger partial charge < -0.3 is 18.9 Å². The van der Waals surface area contributed by atoms with Crippen LogP contribution in [0.4, 0.5) is 0 Å². The van der Waals surface area contributed by atoms with Gasteiger partial charge in [-0.1, -0.05) is 17.7 Å². The molecule has 7 nitrogen and oxygen atoms in total. The Labute approximate surface area is 149 Å². The molecule has 0 N–H and O–H groups in total. The topological polar surface area (TPSA) is 80.3 Å². The summed E-state index contributed by atoms with van der Waals surface area (Å²) in [5.74, 6) is -0.194. The molecule has 0 unspecified atom stereocenters. The van der Waals surface area contributed by atoms with Gasteiger partial charge in [0.15, 0.2) is 0 Å². The Morgan fingerprint density at radius 3 is 1.88 bits per heavy atom. The second-order valence-corrected chi connectivity index (χ2v) is 7.41. The molecule has 1 aliphatic heterocycles. The molecule has 2 rings (SSSR count). The minimum Gasteiger partial charge on any atom is -0.379 e. The van der Waals surface area contributed by atoms with Gasteiger partial charge in [0.1, 0.15) is 0 Å². The van der Waals surface area contributed by atoms with E-state index in [4.69, 9.17) is 23.1 Å². The van der Waals surface area contributed by atoms with E-state index in [0.717, 1.165) is 5.56 Å². The molecule has 0 atom stereocenters. The van der Waals surface area contributed by atoms with Crippen molar-refractivity contribution in [3.05, 3.63) is 29.8 Å². The van der Waals surface area contributed by atoms with Crippen LogP contribution in [0.2, 0.25) is 0 Å². The van der Waals surface area contributed by atoms with Gasteiger partial charge in [0, 0.05) is 5.92 Å². The molecule has 1 aromatic rings. The lowest BCUT2D eigenvalue weighted by atomic mass is 10.2. The molecule has 0 spiro atoms. The predicted octanol–water partition coefficient (Wildman–Crippen LogP) is 1.40. The first-order valence-corrected chi connectivity index (χ1v) is 9.76. The first kappa shape index (κ1) is 20.3. The van der Waals surface area contributed by atoms with Crippen molar-refractivity contribution >= 4 is 10.1 Å². The van der Waals surface area contributed by atoms with Crippen LogP contribution in [0.3, 0.4) is 0 Å². The Balaban J connectivity index is 1.87. The van der Waals surface area contributed by atoms with E-state index in [9.17, 15) is 8.42 Å². The molecule has 0 saturated carbocycles. The number of hydrogen-bond acceptors (Lipinski definition) is 7. The quantitative estimate of drug-likeness (QED) is 0.737. The molecule has 8 heteroatoms. The summed E-state index contributed by atoms with van der Waals surface area (Å²) < 4.78 is 51.5. The van der Waals surface area contributed by atoms with E-state index in [1.54, 1.807) is 12.1 Å². The Morgan fingerprint density at radius 1 is 0.880 bits per heavy atom. The maximum atomic E-state index is 12.3. The van der Waals surface area contributed by atoms with Crippen molar-refractivity contribution < 1.29 is 31.5 Å². The summed E-state index contributed by atoms with van der Waals surface area (Å²) >= 11 is 0. The van der Waals surface area contributed by atoms with Gasteiger partial charge in [-0.05, 0) is 19.1 Å². The van der Waals surface area contributed by atoms with Crippen LogP contribution in [0, 0.1) is 12.8 Å². The second-order valence-electron chi connectivity index (χ2n) is 5.79. The Morgan fingerprint density at radius 2 is 1.36 bits per heavy atom. The minimum absolute atomic E-state index is 0.00206. The van der Waals surface area contributed by atoms with Gasteiger partial charge >= 0.3 is 0 Å². The van der Waals surface area contributed by atoms with Gasteiger partial charge in [-0.15, -0.1) is 0 Å². The molecule has 0 amide bonds. The molecule has 0 bridgehead atoms. The zero-order valence-electron chi connectivity index (χ0n) is 14.5. The summed E-state index contributed by atoms with van der Waals surface area (Å²) in [7, 11) is -3.79. The fraction of sp³-hybridized carbons (Fsp3) is 0.647. The van der Waals surface area contributed by atoms with Crippen molar-refractivity contribution in [3.63, 3.8) is 0 Å².